The van der Waals surface area contributed by atoms with E-state index in [1.807, 2.05) is 6.07 Å². The maximum absolute atomic E-state index is 14.8. The van der Waals surface area contributed by atoms with Crippen molar-refractivity contribution in [3.8, 4) is 17.4 Å². The molecule has 0 saturated carbocycles. The van der Waals surface area contributed by atoms with Crippen molar-refractivity contribution in [3.05, 3.63) is 65.1 Å². The number of ether oxygens (including phenoxy) is 1. The van der Waals surface area contributed by atoms with Gasteiger partial charge in [0.1, 0.15) is 23.0 Å². The van der Waals surface area contributed by atoms with Crippen molar-refractivity contribution in [3.63, 3.8) is 0 Å². The molecule has 0 atom stereocenters. The molecular weight excluding hydrogens is 390 g/mol. The van der Waals surface area contributed by atoms with E-state index in [1.54, 1.807) is 24.6 Å². The fraction of sp³-hybridized carbons (Fsp3) is 0.238. The number of hydrogen-bond donors (Lipinski definition) is 1. The number of rotatable bonds is 6. The van der Waals surface area contributed by atoms with E-state index >= 15 is 0 Å². The summed E-state index contributed by atoms with van der Waals surface area (Å²) in [5, 5.41) is 3.00. The van der Waals surface area contributed by atoms with Crippen molar-refractivity contribution < 1.29 is 13.5 Å². The molecule has 0 saturated heterocycles. The number of aryl methyl sites for hydroxylation is 1. The highest BCUT2D eigenvalue weighted by atomic mass is 19.1. The Kier molecular flexibility index (Phi) is 5.37. The highest BCUT2D eigenvalue weighted by Crippen LogP contribution is 2.28. The van der Waals surface area contributed by atoms with Crippen LogP contribution < -0.4 is 10.1 Å². The first-order chi connectivity index (χ1) is 14.5. The van der Waals surface area contributed by atoms with Crippen molar-refractivity contribution in [2.75, 3.05) is 14.2 Å². The molecule has 0 aliphatic carbocycles. The lowest BCUT2D eigenvalue weighted by molar-refractivity contribution is 0.380. The normalized spacial score (nSPS) is 11.2. The van der Waals surface area contributed by atoms with E-state index in [-0.39, 0.29) is 18.4 Å². The Morgan fingerprint density at radius 2 is 1.93 bits per heavy atom. The van der Waals surface area contributed by atoms with Gasteiger partial charge in [-0.3, -0.25) is 4.98 Å². The van der Waals surface area contributed by atoms with Crippen LogP contribution >= 0.6 is 0 Å². The number of fused-ring (bicyclic) bond motifs is 1. The molecule has 3 heterocycles. The van der Waals surface area contributed by atoms with Crippen LogP contribution in [0.1, 0.15) is 16.8 Å². The van der Waals surface area contributed by atoms with Crippen LogP contribution in [0.5, 0.6) is 6.01 Å². The van der Waals surface area contributed by atoms with E-state index in [2.05, 4.69) is 25.3 Å². The average Bonchev–Trinajstić information content (AvgIpc) is 3.09. The molecule has 1 aromatic carbocycles. The monoisotopic (exact) mass is 410 g/mol. The number of nitrogens with zero attached hydrogens (tertiary/aromatic N) is 5. The summed E-state index contributed by atoms with van der Waals surface area (Å²) in [7, 11) is 3.27. The van der Waals surface area contributed by atoms with E-state index in [0.717, 1.165) is 11.8 Å². The van der Waals surface area contributed by atoms with Crippen LogP contribution in [0.3, 0.4) is 0 Å². The van der Waals surface area contributed by atoms with Crippen LogP contribution in [0.2, 0.25) is 0 Å². The summed E-state index contributed by atoms with van der Waals surface area (Å²) >= 11 is 0. The van der Waals surface area contributed by atoms with Gasteiger partial charge in [-0.05, 0) is 31.7 Å². The lowest BCUT2D eigenvalue weighted by Crippen LogP contribution is -2.08. The number of pyridine rings is 1. The van der Waals surface area contributed by atoms with Crippen LogP contribution in [0.4, 0.5) is 8.78 Å². The highest BCUT2D eigenvalue weighted by Gasteiger charge is 2.19. The topological polar surface area (TPSA) is 77.8 Å². The second-order valence-electron chi connectivity index (χ2n) is 6.84. The summed E-state index contributed by atoms with van der Waals surface area (Å²) in [5.41, 5.74) is 3.35. The third kappa shape index (κ3) is 3.71. The first-order valence-electron chi connectivity index (χ1n) is 9.32. The summed E-state index contributed by atoms with van der Waals surface area (Å²) in [5.74, 6) is -0.416. The lowest BCUT2D eigenvalue weighted by atomic mass is 10.1. The molecule has 0 spiro atoms. The molecule has 4 rings (SSSR count). The molecule has 0 aliphatic heterocycles. The number of aromatic nitrogens is 5. The molecule has 0 fully saturated rings. The summed E-state index contributed by atoms with van der Waals surface area (Å²) < 4.78 is 35.5. The van der Waals surface area contributed by atoms with Crippen LogP contribution in [-0.2, 0) is 13.1 Å². The maximum atomic E-state index is 14.8. The lowest BCUT2D eigenvalue weighted by Gasteiger charge is -2.11. The number of methoxy groups -OCH3 is 1. The molecule has 7 nitrogen and oxygen atoms in total. The van der Waals surface area contributed by atoms with Crippen molar-refractivity contribution in [1.82, 2.24) is 29.8 Å². The van der Waals surface area contributed by atoms with Gasteiger partial charge in [-0.25, -0.2) is 13.8 Å². The molecule has 0 unspecified atom stereocenters. The quantitative estimate of drug-likeness (QED) is 0.526. The number of hydrogen-bond acceptors (Lipinski definition) is 6. The molecule has 30 heavy (non-hydrogen) atoms. The molecule has 0 bridgehead atoms. The molecule has 0 aliphatic rings. The van der Waals surface area contributed by atoms with E-state index < -0.39 is 5.82 Å². The van der Waals surface area contributed by atoms with Gasteiger partial charge in [-0.1, -0.05) is 12.1 Å². The second kappa shape index (κ2) is 8.11. The minimum atomic E-state index is -0.492. The molecule has 3 aromatic heterocycles. The van der Waals surface area contributed by atoms with Crippen molar-refractivity contribution in [2.45, 2.75) is 20.0 Å². The summed E-state index contributed by atoms with van der Waals surface area (Å²) in [6, 6.07) is 6.59. The molecule has 4 aromatic rings. The van der Waals surface area contributed by atoms with Crippen LogP contribution in [0.15, 0.2) is 36.7 Å². The molecule has 9 heteroatoms. The Balaban J connectivity index is 1.90. The standard InChI is InChI=1S/C21H20F2N6O/c1-12-18-20(28-21(26-12)30-3)29(19(27-18)15-7-16(22)10-25-9-15)11-14-5-4-13(8-24-2)6-17(14)23/h4-7,9-10,24H,8,11H2,1-3H3. The summed E-state index contributed by atoms with van der Waals surface area (Å²) in [6.45, 7) is 2.49. The number of nitrogens with one attached hydrogen (secondary N) is 1. The Labute approximate surface area is 171 Å². The van der Waals surface area contributed by atoms with Gasteiger partial charge in [0.2, 0.25) is 0 Å². The largest absolute Gasteiger partial charge is 0.467 e. The van der Waals surface area contributed by atoms with Crippen LogP contribution in [-0.4, -0.2) is 38.7 Å². The number of imidazole rings is 1. The molecular formula is C21H20F2N6O. The predicted molar refractivity (Wildman–Crippen MR) is 108 cm³/mol. The van der Waals surface area contributed by atoms with Gasteiger partial charge in [0.05, 0.1) is 25.5 Å². The minimum Gasteiger partial charge on any atom is -0.467 e. The van der Waals surface area contributed by atoms with E-state index in [9.17, 15) is 8.78 Å². The summed E-state index contributed by atoms with van der Waals surface area (Å²) in [4.78, 5) is 17.2. The molecule has 1 N–H and O–H groups in total. The van der Waals surface area contributed by atoms with Gasteiger partial charge >= 0.3 is 6.01 Å². The van der Waals surface area contributed by atoms with Gasteiger partial charge in [-0.2, -0.15) is 9.97 Å². The zero-order valence-corrected chi connectivity index (χ0v) is 16.8. The van der Waals surface area contributed by atoms with Crippen molar-refractivity contribution >= 4 is 11.2 Å². The average molecular weight is 410 g/mol. The third-order valence-electron chi connectivity index (χ3n) is 4.72. The second-order valence-corrected chi connectivity index (χ2v) is 6.84. The maximum Gasteiger partial charge on any atom is 0.318 e. The predicted octanol–water partition coefficient (Wildman–Crippen LogP) is 3.25. The Morgan fingerprint density at radius 1 is 1.10 bits per heavy atom. The fourth-order valence-corrected chi connectivity index (χ4v) is 3.31. The zero-order valence-electron chi connectivity index (χ0n) is 16.8. The fourth-order valence-electron chi connectivity index (χ4n) is 3.31. The van der Waals surface area contributed by atoms with Gasteiger partial charge in [0.25, 0.3) is 0 Å². The van der Waals surface area contributed by atoms with Gasteiger partial charge < -0.3 is 14.6 Å². The van der Waals surface area contributed by atoms with E-state index in [0.29, 0.717) is 40.4 Å². The Hall–Kier alpha value is -3.46. The van der Waals surface area contributed by atoms with Crippen molar-refractivity contribution in [1.29, 1.82) is 0 Å². The van der Waals surface area contributed by atoms with Gasteiger partial charge in [-0.15, -0.1) is 0 Å². The van der Waals surface area contributed by atoms with E-state index in [1.165, 1.54) is 25.4 Å². The third-order valence-corrected chi connectivity index (χ3v) is 4.72. The summed E-state index contributed by atoms with van der Waals surface area (Å²) in [6.07, 6.45) is 2.62. The van der Waals surface area contributed by atoms with Crippen LogP contribution in [0, 0.1) is 18.6 Å². The Morgan fingerprint density at radius 3 is 2.63 bits per heavy atom. The number of halogens is 2. The molecule has 154 valence electrons. The smallest absolute Gasteiger partial charge is 0.318 e. The minimum absolute atomic E-state index is 0.146. The van der Waals surface area contributed by atoms with Crippen molar-refractivity contribution in [2.24, 2.45) is 0 Å². The van der Waals surface area contributed by atoms with Gasteiger partial charge in [0, 0.05) is 23.9 Å². The highest BCUT2D eigenvalue weighted by molar-refractivity contribution is 5.79. The zero-order chi connectivity index (χ0) is 21.3. The first-order valence-corrected chi connectivity index (χ1v) is 9.32. The molecule has 0 amide bonds. The van der Waals surface area contributed by atoms with Gasteiger partial charge in [0.15, 0.2) is 5.65 Å². The Bertz CT molecular complexity index is 1220. The van der Waals surface area contributed by atoms with E-state index in [4.69, 9.17) is 4.74 Å². The first kappa shape index (κ1) is 19.8. The number of benzene rings is 1. The van der Waals surface area contributed by atoms with Crippen LogP contribution in [0.25, 0.3) is 22.6 Å². The molecule has 0 radical (unpaired) electrons. The SMILES string of the molecule is CNCc1ccc(Cn2c(-c3cncc(F)c3)nc3c(C)nc(OC)nc32)c(F)c1.